The van der Waals surface area contributed by atoms with Crippen LogP contribution in [0, 0.1) is 5.82 Å². The lowest BCUT2D eigenvalue weighted by atomic mass is 10.2. The summed E-state index contributed by atoms with van der Waals surface area (Å²) in [5, 5.41) is 10.7. The molecule has 0 radical (unpaired) electrons. The molecule has 172 valence electrons. The van der Waals surface area contributed by atoms with Crippen LogP contribution in [0.3, 0.4) is 0 Å². The molecule has 3 heterocycles. The van der Waals surface area contributed by atoms with Crippen LogP contribution in [-0.2, 0) is 4.74 Å². The van der Waals surface area contributed by atoms with Crippen LogP contribution in [0.4, 0.5) is 33.3 Å². The zero-order chi connectivity index (χ0) is 23.3. The van der Waals surface area contributed by atoms with Gasteiger partial charge in [-0.1, -0.05) is 23.3 Å². The van der Waals surface area contributed by atoms with E-state index in [4.69, 9.17) is 9.15 Å². The molecule has 1 saturated heterocycles. The molecule has 10 heteroatoms. The van der Waals surface area contributed by atoms with Gasteiger partial charge in [0.05, 0.1) is 36.5 Å². The topological polar surface area (TPSA) is 96.6 Å². The molecule has 9 nitrogen and oxygen atoms in total. The normalized spacial score (nSPS) is 13.5. The zero-order valence-electron chi connectivity index (χ0n) is 18.1. The number of pyridine rings is 1. The van der Waals surface area contributed by atoms with E-state index in [0.29, 0.717) is 30.3 Å². The second-order valence-corrected chi connectivity index (χ2v) is 7.50. The highest BCUT2D eigenvalue weighted by molar-refractivity contribution is 6.01. The average Bonchev–Trinajstić information content (AvgIpc) is 3.37. The van der Waals surface area contributed by atoms with Crippen molar-refractivity contribution in [2.45, 2.75) is 0 Å². The van der Waals surface area contributed by atoms with Crippen LogP contribution in [0.2, 0.25) is 0 Å². The Morgan fingerprint density at radius 1 is 0.941 bits per heavy atom. The third-order valence-corrected chi connectivity index (χ3v) is 5.24. The number of para-hydroxylation sites is 1. The van der Waals surface area contributed by atoms with Gasteiger partial charge in [0.2, 0.25) is 0 Å². The average molecular weight is 460 g/mol. The number of ether oxygens (including phenoxy) is 1. The smallest absolute Gasteiger partial charge is 0.327 e. The summed E-state index contributed by atoms with van der Waals surface area (Å²) in [6.45, 7) is 2.88. The maximum Gasteiger partial charge on any atom is 0.327 e. The summed E-state index contributed by atoms with van der Waals surface area (Å²) in [7, 11) is 0. The van der Waals surface area contributed by atoms with Crippen LogP contribution < -0.4 is 15.1 Å². The number of amides is 1. The molecule has 2 aromatic carbocycles. The third kappa shape index (κ3) is 4.71. The largest absolute Gasteiger partial charge is 0.398 e. The van der Waals surface area contributed by atoms with Crippen LogP contribution in [0.15, 0.2) is 77.3 Å². The minimum Gasteiger partial charge on any atom is -0.398 e. The highest BCUT2D eigenvalue weighted by Crippen LogP contribution is 2.33. The number of hydrogen-bond acceptors (Lipinski definition) is 8. The lowest BCUT2D eigenvalue weighted by Crippen LogP contribution is -2.36. The van der Waals surface area contributed by atoms with Crippen molar-refractivity contribution in [3.05, 3.63) is 84.6 Å². The molecule has 0 bridgehead atoms. The fourth-order valence-electron chi connectivity index (χ4n) is 3.56. The number of anilines is 5. The summed E-state index contributed by atoms with van der Waals surface area (Å²) in [4.78, 5) is 20.9. The van der Waals surface area contributed by atoms with Gasteiger partial charge in [0.25, 0.3) is 0 Å². The van der Waals surface area contributed by atoms with Crippen LogP contribution in [-0.4, -0.2) is 47.4 Å². The van der Waals surface area contributed by atoms with Crippen LogP contribution >= 0.6 is 0 Å². The molecule has 1 aliphatic rings. The number of aromatic nitrogens is 3. The van der Waals surface area contributed by atoms with Crippen molar-refractivity contribution in [3.63, 3.8) is 0 Å². The number of hydrogen-bond donors (Lipinski definition) is 1. The SMILES string of the molecule is O=C(Nc1ccc(N2CCOCC2)nc1)c1nnc(N(c2ccccc2)c2ccc(F)cc2)o1. The maximum atomic E-state index is 13.5. The van der Waals surface area contributed by atoms with E-state index in [2.05, 4.69) is 25.4 Å². The van der Waals surface area contributed by atoms with E-state index in [9.17, 15) is 9.18 Å². The number of rotatable bonds is 6. The monoisotopic (exact) mass is 460 g/mol. The van der Waals surface area contributed by atoms with E-state index in [1.54, 1.807) is 29.3 Å². The van der Waals surface area contributed by atoms with E-state index in [1.165, 1.54) is 12.1 Å². The molecular formula is C24H21FN6O3. The summed E-state index contributed by atoms with van der Waals surface area (Å²) in [5.74, 6) is -0.322. The predicted molar refractivity (Wildman–Crippen MR) is 124 cm³/mol. The van der Waals surface area contributed by atoms with E-state index >= 15 is 0 Å². The zero-order valence-corrected chi connectivity index (χ0v) is 18.1. The molecule has 1 amide bonds. The Bertz CT molecular complexity index is 1240. The molecule has 0 spiro atoms. The van der Waals surface area contributed by atoms with Gasteiger partial charge in [-0.25, -0.2) is 9.37 Å². The highest BCUT2D eigenvalue weighted by atomic mass is 19.1. The lowest BCUT2D eigenvalue weighted by molar-refractivity contribution is 0.0990. The molecule has 1 fully saturated rings. The Kier molecular flexibility index (Phi) is 6.13. The predicted octanol–water partition coefficient (Wildman–Crippen LogP) is 4.16. The maximum absolute atomic E-state index is 13.5. The minimum absolute atomic E-state index is 0.0729. The van der Waals surface area contributed by atoms with Crippen LogP contribution in [0.5, 0.6) is 0 Å². The van der Waals surface area contributed by atoms with Crippen LogP contribution in [0.25, 0.3) is 0 Å². The number of morpholine rings is 1. The summed E-state index contributed by atoms with van der Waals surface area (Å²) >= 11 is 0. The molecule has 0 aliphatic carbocycles. The number of carbonyl (C=O) groups is 1. The van der Waals surface area contributed by atoms with Crippen LogP contribution in [0.1, 0.15) is 10.7 Å². The number of nitrogens with zero attached hydrogens (tertiary/aromatic N) is 5. The van der Waals surface area contributed by atoms with Gasteiger partial charge in [-0.15, -0.1) is 5.10 Å². The molecule has 4 aromatic rings. The Morgan fingerprint density at radius 3 is 2.38 bits per heavy atom. The minimum atomic E-state index is -0.563. The third-order valence-electron chi connectivity index (χ3n) is 5.24. The Morgan fingerprint density at radius 2 is 1.68 bits per heavy atom. The standard InChI is InChI=1S/C24H21FN6O3/c25-17-6-9-20(10-7-17)31(19-4-2-1-3-5-19)24-29-28-23(34-24)22(32)27-18-8-11-21(26-16-18)30-12-14-33-15-13-30/h1-11,16H,12-15H2,(H,27,32). The fraction of sp³-hybridized carbons (Fsp3) is 0.167. The van der Waals surface area contributed by atoms with Gasteiger partial charge < -0.3 is 19.4 Å². The molecule has 34 heavy (non-hydrogen) atoms. The molecule has 1 aliphatic heterocycles. The number of halogens is 1. The number of nitrogens with one attached hydrogen (secondary N) is 1. The van der Waals surface area contributed by atoms with Gasteiger partial charge in [-0.3, -0.25) is 9.69 Å². The summed E-state index contributed by atoms with van der Waals surface area (Å²) in [5.41, 5.74) is 1.82. The van der Waals surface area contributed by atoms with E-state index < -0.39 is 5.91 Å². The lowest BCUT2D eigenvalue weighted by Gasteiger charge is -2.27. The van der Waals surface area contributed by atoms with Gasteiger partial charge in [0.15, 0.2) is 0 Å². The van der Waals surface area contributed by atoms with Crippen molar-refractivity contribution < 1.29 is 18.3 Å². The first-order valence-electron chi connectivity index (χ1n) is 10.7. The molecule has 1 N–H and O–H groups in total. The van der Waals surface area contributed by atoms with Gasteiger partial charge in [-0.05, 0) is 48.5 Å². The van der Waals surface area contributed by atoms with Crippen molar-refractivity contribution in [2.75, 3.05) is 41.4 Å². The first-order chi connectivity index (χ1) is 16.7. The van der Waals surface area contributed by atoms with Gasteiger partial charge in [0.1, 0.15) is 11.6 Å². The Labute approximate surface area is 194 Å². The molecule has 2 aromatic heterocycles. The fourth-order valence-corrected chi connectivity index (χ4v) is 3.56. The van der Waals surface area contributed by atoms with Crippen molar-refractivity contribution >= 4 is 34.8 Å². The van der Waals surface area contributed by atoms with Crippen molar-refractivity contribution in [3.8, 4) is 0 Å². The van der Waals surface area contributed by atoms with Gasteiger partial charge >= 0.3 is 17.8 Å². The second-order valence-electron chi connectivity index (χ2n) is 7.50. The molecular weight excluding hydrogens is 439 g/mol. The Balaban J connectivity index is 1.34. The van der Waals surface area contributed by atoms with E-state index in [1.807, 2.05) is 36.4 Å². The second kappa shape index (κ2) is 9.67. The highest BCUT2D eigenvalue weighted by Gasteiger charge is 2.22. The van der Waals surface area contributed by atoms with Gasteiger partial charge in [0, 0.05) is 13.1 Å². The first kappa shape index (κ1) is 21.5. The quantitative estimate of drug-likeness (QED) is 0.458. The van der Waals surface area contributed by atoms with Gasteiger partial charge in [-0.2, -0.15) is 0 Å². The van der Waals surface area contributed by atoms with E-state index in [0.717, 1.165) is 18.9 Å². The molecule has 5 rings (SSSR count). The van der Waals surface area contributed by atoms with Crippen molar-refractivity contribution in [2.24, 2.45) is 0 Å². The van der Waals surface area contributed by atoms with Crippen molar-refractivity contribution in [1.29, 1.82) is 0 Å². The molecule has 0 unspecified atom stereocenters. The van der Waals surface area contributed by atoms with E-state index in [-0.39, 0.29) is 17.7 Å². The first-order valence-corrected chi connectivity index (χ1v) is 10.7. The summed E-state index contributed by atoms with van der Waals surface area (Å²) in [6.07, 6.45) is 1.58. The Hall–Kier alpha value is -4.31. The summed E-state index contributed by atoms with van der Waals surface area (Å²) in [6, 6.07) is 18.8. The number of benzene rings is 2. The molecule has 0 saturated carbocycles. The summed E-state index contributed by atoms with van der Waals surface area (Å²) < 4.78 is 24.5. The molecule has 0 atom stereocenters. The number of carbonyl (C=O) groups excluding carboxylic acids is 1. The van der Waals surface area contributed by atoms with Crippen molar-refractivity contribution in [1.82, 2.24) is 15.2 Å².